The first-order chi connectivity index (χ1) is 14.1. The fourth-order valence-corrected chi connectivity index (χ4v) is 3.66. The number of hydrogen-bond donors (Lipinski definition) is 3. The van der Waals surface area contributed by atoms with Gasteiger partial charge in [-0.3, -0.25) is 4.79 Å². The predicted molar refractivity (Wildman–Crippen MR) is 106 cm³/mol. The molecule has 1 aromatic carbocycles. The number of hydrogen-bond acceptors (Lipinski definition) is 5. The molecule has 3 N–H and O–H groups in total. The highest BCUT2D eigenvalue weighted by molar-refractivity contribution is 6.33. The number of nitrogens with zero attached hydrogens (tertiary/aromatic N) is 2. The fourth-order valence-electron chi connectivity index (χ4n) is 3.37. The first-order valence-corrected chi connectivity index (χ1v) is 9.79. The Kier molecular flexibility index (Phi) is 6.60. The van der Waals surface area contributed by atoms with Crippen molar-refractivity contribution in [1.82, 2.24) is 10.3 Å². The first kappa shape index (κ1) is 22.0. The molecular weight excluding hydrogens is 423 g/mol. The van der Waals surface area contributed by atoms with Crippen LogP contribution in [0, 0.1) is 5.92 Å². The van der Waals surface area contributed by atoms with Gasteiger partial charge in [-0.25, -0.2) is 4.98 Å². The lowest BCUT2D eigenvalue weighted by Gasteiger charge is -2.32. The van der Waals surface area contributed by atoms with Crippen molar-refractivity contribution in [3.63, 3.8) is 0 Å². The van der Waals surface area contributed by atoms with Crippen LogP contribution in [0.25, 0.3) is 0 Å². The quantitative estimate of drug-likeness (QED) is 0.613. The van der Waals surface area contributed by atoms with Gasteiger partial charge in [-0.2, -0.15) is 13.2 Å². The average molecular weight is 444 g/mol. The number of carbonyl (C=O) groups is 1. The molecule has 1 amide bonds. The molecule has 0 aliphatic carbocycles. The Hall–Kier alpha value is -2.68. The fraction of sp³-hybridized carbons (Fsp3) is 0.400. The van der Waals surface area contributed by atoms with E-state index in [-0.39, 0.29) is 34.2 Å². The number of phenolic OH excluding ortho intramolecular Hbond substituents is 2. The van der Waals surface area contributed by atoms with Gasteiger partial charge in [0.2, 0.25) is 5.91 Å². The maximum absolute atomic E-state index is 12.7. The van der Waals surface area contributed by atoms with Crippen LogP contribution < -0.4 is 10.2 Å². The zero-order chi connectivity index (χ0) is 21.9. The number of alkyl halides is 3. The average Bonchev–Trinajstić information content (AvgIpc) is 2.70. The Morgan fingerprint density at radius 1 is 1.20 bits per heavy atom. The van der Waals surface area contributed by atoms with Crippen LogP contribution in [0.15, 0.2) is 30.5 Å². The van der Waals surface area contributed by atoms with Crippen molar-refractivity contribution >= 4 is 23.3 Å². The first-order valence-electron chi connectivity index (χ1n) is 9.41. The number of benzene rings is 1. The summed E-state index contributed by atoms with van der Waals surface area (Å²) in [5.74, 6) is -0.415. The van der Waals surface area contributed by atoms with Crippen molar-refractivity contribution in [2.24, 2.45) is 5.92 Å². The summed E-state index contributed by atoms with van der Waals surface area (Å²) in [6.07, 6.45) is -2.17. The molecule has 0 radical (unpaired) electrons. The second-order valence-electron chi connectivity index (χ2n) is 7.15. The van der Waals surface area contributed by atoms with Crippen LogP contribution in [0.1, 0.15) is 24.0 Å². The van der Waals surface area contributed by atoms with Crippen molar-refractivity contribution in [3.8, 4) is 11.5 Å². The van der Waals surface area contributed by atoms with Crippen molar-refractivity contribution in [3.05, 3.63) is 46.6 Å². The Balaban J connectivity index is 1.49. The van der Waals surface area contributed by atoms with Crippen molar-refractivity contribution in [1.29, 1.82) is 0 Å². The summed E-state index contributed by atoms with van der Waals surface area (Å²) in [6.45, 7) is 1.31. The van der Waals surface area contributed by atoms with Gasteiger partial charge in [0.15, 0.2) is 11.5 Å². The van der Waals surface area contributed by atoms with E-state index in [4.69, 9.17) is 11.6 Å². The number of nitrogens with one attached hydrogen (secondary N) is 1. The van der Waals surface area contributed by atoms with Crippen LogP contribution >= 0.6 is 11.6 Å². The van der Waals surface area contributed by atoms with Crippen LogP contribution in [0.5, 0.6) is 11.5 Å². The molecule has 0 bridgehead atoms. The Morgan fingerprint density at radius 3 is 2.50 bits per heavy atom. The highest BCUT2D eigenvalue weighted by Gasteiger charge is 2.33. The number of phenols is 2. The van der Waals surface area contributed by atoms with E-state index in [1.54, 1.807) is 11.0 Å². The van der Waals surface area contributed by atoms with Gasteiger partial charge >= 0.3 is 6.18 Å². The predicted octanol–water partition coefficient (Wildman–Crippen LogP) is 3.74. The number of aromatic nitrogens is 1. The molecule has 1 aliphatic rings. The maximum atomic E-state index is 12.7. The summed E-state index contributed by atoms with van der Waals surface area (Å²) in [5, 5.41) is 21.6. The number of rotatable bonds is 5. The van der Waals surface area contributed by atoms with E-state index in [0.717, 1.165) is 17.8 Å². The van der Waals surface area contributed by atoms with E-state index in [1.165, 1.54) is 12.1 Å². The summed E-state index contributed by atoms with van der Waals surface area (Å²) in [6, 6.07) is 5.37. The largest absolute Gasteiger partial charge is 0.504 e. The summed E-state index contributed by atoms with van der Waals surface area (Å²) < 4.78 is 38.2. The van der Waals surface area contributed by atoms with Crippen LogP contribution in [0.2, 0.25) is 5.02 Å². The van der Waals surface area contributed by atoms with Gasteiger partial charge in [0.05, 0.1) is 10.6 Å². The molecule has 1 saturated heterocycles. The number of piperidine rings is 1. The lowest BCUT2D eigenvalue weighted by Crippen LogP contribution is -2.41. The van der Waals surface area contributed by atoms with Gasteiger partial charge in [-0.15, -0.1) is 0 Å². The molecule has 0 spiro atoms. The molecule has 0 unspecified atom stereocenters. The minimum absolute atomic E-state index is 0.0649. The molecule has 1 aromatic heterocycles. The number of aromatic hydroxyl groups is 2. The lowest BCUT2D eigenvalue weighted by atomic mass is 9.95. The molecule has 30 heavy (non-hydrogen) atoms. The number of halogens is 4. The normalized spacial score (nSPS) is 15.3. The zero-order valence-electron chi connectivity index (χ0n) is 15.9. The van der Waals surface area contributed by atoms with Gasteiger partial charge in [0, 0.05) is 31.7 Å². The van der Waals surface area contributed by atoms with Gasteiger partial charge in [0.1, 0.15) is 5.82 Å². The molecule has 10 heteroatoms. The molecule has 2 aromatic rings. The van der Waals surface area contributed by atoms with E-state index >= 15 is 0 Å². The summed E-state index contributed by atoms with van der Waals surface area (Å²) >= 11 is 6.00. The molecule has 3 rings (SSSR count). The summed E-state index contributed by atoms with van der Waals surface area (Å²) in [7, 11) is 0. The van der Waals surface area contributed by atoms with Gasteiger partial charge in [-0.05, 0) is 43.0 Å². The van der Waals surface area contributed by atoms with Crippen LogP contribution in [-0.2, 0) is 17.4 Å². The van der Waals surface area contributed by atoms with Crippen molar-refractivity contribution < 1.29 is 28.2 Å². The highest BCUT2D eigenvalue weighted by atomic mass is 35.5. The number of amides is 1. The molecule has 1 aliphatic heterocycles. The number of anilines is 1. The molecule has 6 nitrogen and oxygen atoms in total. The third-order valence-electron chi connectivity index (χ3n) is 5.07. The van der Waals surface area contributed by atoms with E-state index in [0.29, 0.717) is 38.9 Å². The standard InChI is InChI=1S/C20H21ClF3N3O3/c21-15-10-14(20(22,23)24)11-26-18(15)27-7-4-13(5-8-27)19(30)25-6-3-12-1-2-16(28)17(29)9-12/h1-2,9-11,13,28-29H,3-8H2,(H,25,30). The second-order valence-corrected chi connectivity index (χ2v) is 7.56. The minimum Gasteiger partial charge on any atom is -0.504 e. The van der Waals surface area contributed by atoms with Crippen LogP contribution in [-0.4, -0.2) is 40.7 Å². The smallest absolute Gasteiger partial charge is 0.417 e. The van der Waals surface area contributed by atoms with Gasteiger partial charge in [0.25, 0.3) is 0 Å². The van der Waals surface area contributed by atoms with E-state index in [2.05, 4.69) is 10.3 Å². The van der Waals surface area contributed by atoms with Crippen molar-refractivity contribution in [2.45, 2.75) is 25.4 Å². The van der Waals surface area contributed by atoms with Gasteiger partial charge < -0.3 is 20.4 Å². The maximum Gasteiger partial charge on any atom is 0.417 e. The van der Waals surface area contributed by atoms with Gasteiger partial charge in [-0.1, -0.05) is 17.7 Å². The Labute approximate surface area is 176 Å². The van der Waals surface area contributed by atoms with E-state index in [9.17, 15) is 28.2 Å². The van der Waals surface area contributed by atoms with Crippen LogP contribution in [0.3, 0.4) is 0 Å². The topological polar surface area (TPSA) is 85.7 Å². The number of pyridine rings is 1. The number of carbonyl (C=O) groups excluding carboxylic acids is 1. The lowest BCUT2D eigenvalue weighted by molar-refractivity contribution is -0.137. The third kappa shape index (κ3) is 5.27. The van der Waals surface area contributed by atoms with Crippen molar-refractivity contribution in [2.75, 3.05) is 24.5 Å². The second kappa shape index (κ2) is 8.99. The molecule has 1 fully saturated rings. The third-order valence-corrected chi connectivity index (χ3v) is 5.35. The zero-order valence-corrected chi connectivity index (χ0v) is 16.7. The summed E-state index contributed by atoms with van der Waals surface area (Å²) in [5.41, 5.74) is -0.115. The van der Waals surface area contributed by atoms with E-state index < -0.39 is 11.7 Å². The molecule has 0 atom stereocenters. The van der Waals surface area contributed by atoms with Crippen LogP contribution in [0.4, 0.5) is 19.0 Å². The molecule has 162 valence electrons. The molecular formula is C20H21ClF3N3O3. The SMILES string of the molecule is O=C(NCCc1ccc(O)c(O)c1)C1CCN(c2ncc(C(F)(F)F)cc2Cl)CC1. The highest BCUT2D eigenvalue weighted by Crippen LogP contribution is 2.34. The van der Waals surface area contributed by atoms with E-state index in [1.807, 2.05) is 0 Å². The monoisotopic (exact) mass is 443 g/mol. The minimum atomic E-state index is -4.50. The summed E-state index contributed by atoms with van der Waals surface area (Å²) in [4.78, 5) is 18.0. The molecule has 0 saturated carbocycles. The molecule has 2 heterocycles. The Bertz CT molecular complexity index is 916. The Morgan fingerprint density at radius 2 is 1.90 bits per heavy atom.